The highest BCUT2D eigenvalue weighted by molar-refractivity contribution is 5.98. The van der Waals surface area contributed by atoms with Crippen LogP contribution in [-0.2, 0) is 11.3 Å². The zero-order chi connectivity index (χ0) is 16.3. The van der Waals surface area contributed by atoms with Gasteiger partial charge in [-0.1, -0.05) is 31.9 Å². The highest BCUT2D eigenvalue weighted by atomic mass is 16.2. The number of likely N-dealkylation sites (tertiary alicyclic amines) is 1. The zero-order valence-corrected chi connectivity index (χ0v) is 14.2. The summed E-state index contributed by atoms with van der Waals surface area (Å²) in [4.78, 5) is 14.9. The second kappa shape index (κ2) is 7.02. The van der Waals surface area contributed by atoms with Crippen LogP contribution in [0.1, 0.15) is 51.0 Å². The van der Waals surface area contributed by atoms with E-state index in [4.69, 9.17) is 5.73 Å². The lowest BCUT2D eigenvalue weighted by atomic mass is 9.98. The van der Waals surface area contributed by atoms with Crippen LogP contribution in [0, 0.1) is 5.92 Å². The van der Waals surface area contributed by atoms with Gasteiger partial charge in [-0.15, -0.1) is 0 Å². The number of hydrogen-bond acceptors (Lipinski definition) is 3. The number of nitrogens with zero attached hydrogens (tertiary/aromatic N) is 1. The molecule has 1 unspecified atom stereocenters. The van der Waals surface area contributed by atoms with Crippen molar-refractivity contribution in [1.82, 2.24) is 4.90 Å². The van der Waals surface area contributed by atoms with Gasteiger partial charge in [0.15, 0.2) is 0 Å². The fraction of sp³-hybridized carbons (Fsp3) is 0.632. The normalized spacial score (nSPS) is 24.5. The number of nitrogens with two attached hydrogens (primary N) is 1. The first kappa shape index (κ1) is 16.5. The first-order valence-electron chi connectivity index (χ1n) is 8.97. The van der Waals surface area contributed by atoms with E-state index in [0.717, 1.165) is 43.8 Å². The Kier molecular flexibility index (Phi) is 5.02. The Labute approximate surface area is 139 Å². The number of rotatable bonds is 4. The first-order chi connectivity index (χ1) is 11.0. The van der Waals surface area contributed by atoms with Crippen molar-refractivity contribution in [3.8, 4) is 0 Å². The van der Waals surface area contributed by atoms with Crippen molar-refractivity contribution in [2.75, 3.05) is 18.4 Å². The van der Waals surface area contributed by atoms with Crippen LogP contribution in [0.3, 0.4) is 0 Å². The maximum Gasteiger partial charge on any atom is 0.244 e. The SMILES string of the molecule is CC1CCCN(Cc2ccc(NC(=O)C3(N)CCCC3)cc2)C1. The summed E-state index contributed by atoms with van der Waals surface area (Å²) in [6.45, 7) is 5.71. The summed E-state index contributed by atoms with van der Waals surface area (Å²) in [5, 5.41) is 2.98. The molecule has 23 heavy (non-hydrogen) atoms. The monoisotopic (exact) mass is 315 g/mol. The number of carbonyl (C=O) groups is 1. The van der Waals surface area contributed by atoms with Crippen LogP contribution in [0.25, 0.3) is 0 Å². The highest BCUT2D eigenvalue weighted by Gasteiger charge is 2.36. The minimum atomic E-state index is -0.664. The van der Waals surface area contributed by atoms with Crippen LogP contribution in [0.4, 0.5) is 5.69 Å². The minimum absolute atomic E-state index is 0.0346. The number of benzene rings is 1. The Morgan fingerprint density at radius 1 is 1.26 bits per heavy atom. The van der Waals surface area contributed by atoms with Gasteiger partial charge in [-0.05, 0) is 55.8 Å². The lowest BCUT2D eigenvalue weighted by Gasteiger charge is -2.30. The van der Waals surface area contributed by atoms with Crippen LogP contribution >= 0.6 is 0 Å². The average molecular weight is 315 g/mol. The smallest absolute Gasteiger partial charge is 0.244 e. The second-order valence-corrected chi connectivity index (χ2v) is 7.50. The molecule has 0 bridgehead atoms. The second-order valence-electron chi connectivity index (χ2n) is 7.50. The first-order valence-corrected chi connectivity index (χ1v) is 8.97. The molecule has 4 nitrogen and oxygen atoms in total. The number of hydrogen-bond donors (Lipinski definition) is 2. The van der Waals surface area contributed by atoms with Gasteiger partial charge in [0.25, 0.3) is 0 Å². The average Bonchev–Trinajstić information content (AvgIpc) is 2.97. The van der Waals surface area contributed by atoms with E-state index in [1.54, 1.807) is 0 Å². The maximum atomic E-state index is 12.3. The summed E-state index contributed by atoms with van der Waals surface area (Å²) in [6.07, 6.45) is 6.35. The summed E-state index contributed by atoms with van der Waals surface area (Å²) in [5.74, 6) is 0.766. The topological polar surface area (TPSA) is 58.4 Å². The molecule has 2 fully saturated rings. The van der Waals surface area contributed by atoms with Crippen LogP contribution in [0.5, 0.6) is 0 Å². The molecule has 1 atom stereocenters. The number of piperidine rings is 1. The Morgan fingerprint density at radius 3 is 2.61 bits per heavy atom. The molecule has 1 aliphatic carbocycles. The van der Waals surface area contributed by atoms with Crippen molar-refractivity contribution >= 4 is 11.6 Å². The molecule has 4 heteroatoms. The van der Waals surface area contributed by atoms with Gasteiger partial charge < -0.3 is 11.1 Å². The molecule has 3 N–H and O–H groups in total. The summed E-state index contributed by atoms with van der Waals surface area (Å²) in [7, 11) is 0. The van der Waals surface area contributed by atoms with Gasteiger partial charge in [-0.3, -0.25) is 9.69 Å². The maximum absolute atomic E-state index is 12.3. The molecule has 0 radical (unpaired) electrons. The summed E-state index contributed by atoms with van der Waals surface area (Å²) >= 11 is 0. The highest BCUT2D eigenvalue weighted by Crippen LogP contribution is 2.28. The lowest BCUT2D eigenvalue weighted by molar-refractivity contribution is -0.121. The van der Waals surface area contributed by atoms with E-state index >= 15 is 0 Å². The molecule has 1 aliphatic heterocycles. The summed E-state index contributed by atoms with van der Waals surface area (Å²) in [5.41, 5.74) is 7.69. The molecule has 1 heterocycles. The molecule has 0 spiro atoms. The summed E-state index contributed by atoms with van der Waals surface area (Å²) in [6, 6.07) is 8.23. The molecule has 3 rings (SSSR count). The van der Waals surface area contributed by atoms with Crippen molar-refractivity contribution in [3.05, 3.63) is 29.8 Å². The van der Waals surface area contributed by atoms with Crippen molar-refractivity contribution in [3.63, 3.8) is 0 Å². The number of carbonyl (C=O) groups excluding carboxylic acids is 1. The van der Waals surface area contributed by atoms with E-state index in [0.29, 0.717) is 0 Å². The van der Waals surface area contributed by atoms with Crippen molar-refractivity contribution in [2.24, 2.45) is 11.7 Å². The van der Waals surface area contributed by atoms with Gasteiger partial charge in [-0.25, -0.2) is 0 Å². The fourth-order valence-corrected chi connectivity index (χ4v) is 3.87. The quantitative estimate of drug-likeness (QED) is 0.897. The Balaban J connectivity index is 1.55. The standard InChI is InChI=1S/C19H29N3O/c1-15-5-4-12-22(13-15)14-16-6-8-17(9-7-16)21-18(23)19(20)10-2-3-11-19/h6-9,15H,2-5,10-14,20H2,1H3,(H,21,23). The van der Waals surface area contributed by atoms with E-state index in [9.17, 15) is 4.79 Å². The molecular formula is C19H29N3O. The van der Waals surface area contributed by atoms with Gasteiger partial charge in [0.1, 0.15) is 0 Å². The molecule has 1 saturated carbocycles. The summed E-state index contributed by atoms with van der Waals surface area (Å²) < 4.78 is 0. The van der Waals surface area contributed by atoms with Crippen LogP contribution < -0.4 is 11.1 Å². The van der Waals surface area contributed by atoms with Gasteiger partial charge in [0.05, 0.1) is 5.54 Å². The third kappa shape index (κ3) is 4.12. The molecule has 1 amide bonds. The Hall–Kier alpha value is -1.39. The van der Waals surface area contributed by atoms with Crippen LogP contribution in [0.15, 0.2) is 24.3 Å². The molecule has 2 aliphatic rings. The molecule has 0 aromatic heterocycles. The van der Waals surface area contributed by atoms with Crippen LogP contribution in [-0.4, -0.2) is 29.4 Å². The van der Waals surface area contributed by atoms with Crippen molar-refractivity contribution < 1.29 is 4.79 Å². The van der Waals surface area contributed by atoms with E-state index in [1.807, 2.05) is 12.1 Å². The van der Waals surface area contributed by atoms with E-state index in [2.05, 4.69) is 29.3 Å². The third-order valence-corrected chi connectivity index (χ3v) is 5.31. The number of amides is 1. The van der Waals surface area contributed by atoms with E-state index in [1.165, 1.54) is 31.5 Å². The van der Waals surface area contributed by atoms with Gasteiger partial charge in [0.2, 0.25) is 5.91 Å². The molecule has 1 aromatic rings. The molecule has 1 saturated heterocycles. The van der Waals surface area contributed by atoms with Crippen LogP contribution in [0.2, 0.25) is 0 Å². The third-order valence-electron chi connectivity index (χ3n) is 5.31. The van der Waals surface area contributed by atoms with Gasteiger partial charge in [0, 0.05) is 18.8 Å². The largest absolute Gasteiger partial charge is 0.324 e. The molecule has 1 aromatic carbocycles. The van der Waals surface area contributed by atoms with Crippen molar-refractivity contribution in [1.29, 1.82) is 0 Å². The minimum Gasteiger partial charge on any atom is -0.324 e. The predicted octanol–water partition coefficient (Wildman–Crippen LogP) is 3.13. The van der Waals surface area contributed by atoms with E-state index < -0.39 is 5.54 Å². The molecular weight excluding hydrogens is 286 g/mol. The fourth-order valence-electron chi connectivity index (χ4n) is 3.87. The molecule has 126 valence electrons. The van der Waals surface area contributed by atoms with Gasteiger partial charge >= 0.3 is 0 Å². The Bertz CT molecular complexity index is 534. The van der Waals surface area contributed by atoms with Gasteiger partial charge in [-0.2, -0.15) is 0 Å². The van der Waals surface area contributed by atoms with E-state index in [-0.39, 0.29) is 5.91 Å². The predicted molar refractivity (Wildman–Crippen MR) is 94.1 cm³/mol. The number of anilines is 1. The Morgan fingerprint density at radius 2 is 1.96 bits per heavy atom. The number of nitrogens with one attached hydrogen (secondary N) is 1. The van der Waals surface area contributed by atoms with Crippen molar-refractivity contribution in [2.45, 2.75) is 57.5 Å². The lowest BCUT2D eigenvalue weighted by Crippen LogP contribution is -2.48. The zero-order valence-electron chi connectivity index (χ0n) is 14.2.